The van der Waals surface area contributed by atoms with Crippen LogP contribution in [0.2, 0.25) is 0 Å². The maximum absolute atomic E-state index is 8.82. The summed E-state index contributed by atoms with van der Waals surface area (Å²) in [7, 11) is 0. The summed E-state index contributed by atoms with van der Waals surface area (Å²) in [6.45, 7) is 2.02. The van der Waals surface area contributed by atoms with E-state index in [1.807, 2.05) is 19.1 Å². The Morgan fingerprint density at radius 1 is 1.32 bits per heavy atom. The van der Waals surface area contributed by atoms with Gasteiger partial charge in [-0.2, -0.15) is 5.26 Å². The highest BCUT2D eigenvalue weighted by Gasteiger charge is 2.05. The molecule has 2 rings (SSSR count). The van der Waals surface area contributed by atoms with Crippen molar-refractivity contribution in [1.29, 1.82) is 5.26 Å². The second-order valence-corrected chi connectivity index (χ2v) is 4.18. The van der Waals surface area contributed by atoms with Crippen molar-refractivity contribution in [2.75, 3.05) is 0 Å². The zero-order chi connectivity index (χ0) is 13.7. The largest absolute Gasteiger partial charge is 0.456 e. The van der Waals surface area contributed by atoms with Crippen LogP contribution in [0.25, 0.3) is 0 Å². The third-order valence-corrected chi connectivity index (χ3v) is 2.78. The van der Waals surface area contributed by atoms with E-state index in [-0.39, 0.29) is 6.04 Å². The lowest BCUT2D eigenvalue weighted by Crippen LogP contribution is -2.10. The normalized spacial score (nSPS) is 11.6. The van der Waals surface area contributed by atoms with Crippen LogP contribution in [0.15, 0.2) is 42.6 Å². The molecule has 0 aliphatic rings. The number of nitriles is 1. The third-order valence-electron chi connectivity index (χ3n) is 2.78. The van der Waals surface area contributed by atoms with Crippen molar-refractivity contribution in [1.82, 2.24) is 4.98 Å². The average molecular weight is 253 g/mol. The van der Waals surface area contributed by atoms with Crippen molar-refractivity contribution in [2.24, 2.45) is 5.73 Å². The predicted molar refractivity (Wildman–Crippen MR) is 72.7 cm³/mol. The van der Waals surface area contributed by atoms with Crippen molar-refractivity contribution in [3.8, 4) is 17.6 Å². The first kappa shape index (κ1) is 13.1. The van der Waals surface area contributed by atoms with Gasteiger partial charge in [-0.15, -0.1) is 0 Å². The molecule has 1 heterocycles. The number of pyridine rings is 1. The Morgan fingerprint density at radius 3 is 2.79 bits per heavy atom. The fourth-order valence-corrected chi connectivity index (χ4v) is 1.65. The van der Waals surface area contributed by atoms with E-state index in [9.17, 15) is 0 Å². The van der Waals surface area contributed by atoms with Crippen molar-refractivity contribution >= 4 is 0 Å². The molecule has 2 N–H and O–H groups in total. The summed E-state index contributed by atoms with van der Waals surface area (Å²) in [5.41, 5.74) is 7.31. The first-order valence-electron chi connectivity index (χ1n) is 6.12. The molecule has 0 saturated heterocycles. The maximum atomic E-state index is 8.82. The molecule has 19 heavy (non-hydrogen) atoms. The number of benzene rings is 1. The number of hydrogen-bond donors (Lipinski definition) is 1. The molecule has 96 valence electrons. The van der Waals surface area contributed by atoms with Crippen LogP contribution in [-0.2, 0) is 0 Å². The van der Waals surface area contributed by atoms with E-state index < -0.39 is 0 Å². The number of hydrogen-bond acceptors (Lipinski definition) is 4. The van der Waals surface area contributed by atoms with Crippen molar-refractivity contribution in [3.05, 3.63) is 53.9 Å². The molecule has 0 aliphatic carbocycles. The topological polar surface area (TPSA) is 71.9 Å². The van der Waals surface area contributed by atoms with E-state index in [1.54, 1.807) is 30.5 Å². The molecule has 0 unspecified atom stereocenters. The van der Waals surface area contributed by atoms with Gasteiger partial charge in [0.2, 0.25) is 0 Å². The van der Waals surface area contributed by atoms with Crippen molar-refractivity contribution < 1.29 is 4.74 Å². The summed E-state index contributed by atoms with van der Waals surface area (Å²) in [5, 5.41) is 8.82. The van der Waals surface area contributed by atoms with Gasteiger partial charge in [-0.05, 0) is 36.8 Å². The average Bonchev–Trinajstić information content (AvgIpc) is 2.47. The predicted octanol–water partition coefficient (Wildman–Crippen LogP) is 3.16. The quantitative estimate of drug-likeness (QED) is 0.908. The molecule has 0 saturated carbocycles. The van der Waals surface area contributed by atoms with Gasteiger partial charge in [0, 0.05) is 6.04 Å². The van der Waals surface area contributed by atoms with Crippen LogP contribution in [0.3, 0.4) is 0 Å². The lowest BCUT2D eigenvalue weighted by Gasteiger charge is -2.09. The lowest BCUT2D eigenvalue weighted by molar-refractivity contribution is 0.479. The summed E-state index contributed by atoms with van der Waals surface area (Å²) in [5.74, 6) is 1.25. The highest BCUT2D eigenvalue weighted by Crippen LogP contribution is 2.22. The van der Waals surface area contributed by atoms with Gasteiger partial charge in [-0.1, -0.05) is 13.0 Å². The third kappa shape index (κ3) is 3.30. The SMILES string of the molecule is CC[C@@H](N)c1ccc(Oc2cccc(C#N)c2)cn1. The fourth-order valence-electron chi connectivity index (χ4n) is 1.65. The standard InChI is InChI=1S/C15H15N3O/c1-2-14(17)15-7-6-13(10-18-15)19-12-5-3-4-11(8-12)9-16/h3-8,10,14H,2,17H2,1H3/t14-/m1/s1. The highest BCUT2D eigenvalue weighted by molar-refractivity contribution is 5.38. The number of nitrogens with two attached hydrogens (primary N) is 1. The summed E-state index contributed by atoms with van der Waals surface area (Å²) >= 11 is 0. The summed E-state index contributed by atoms with van der Waals surface area (Å²) < 4.78 is 5.63. The second kappa shape index (κ2) is 5.98. The molecule has 0 spiro atoms. The van der Waals surface area contributed by atoms with E-state index in [0.717, 1.165) is 12.1 Å². The molecule has 4 nitrogen and oxygen atoms in total. The number of rotatable bonds is 4. The molecule has 4 heteroatoms. The van der Waals surface area contributed by atoms with Gasteiger partial charge in [0.25, 0.3) is 0 Å². The molecule has 1 aromatic carbocycles. The zero-order valence-electron chi connectivity index (χ0n) is 10.7. The van der Waals surface area contributed by atoms with Crippen LogP contribution in [0.4, 0.5) is 0 Å². The molecule has 0 fully saturated rings. The molecular formula is C15H15N3O. The van der Waals surface area contributed by atoms with Crippen LogP contribution in [0.1, 0.15) is 30.6 Å². The number of aromatic nitrogens is 1. The van der Waals surface area contributed by atoms with Crippen LogP contribution >= 0.6 is 0 Å². The Labute approximate surface area is 112 Å². The minimum absolute atomic E-state index is 0.0454. The van der Waals surface area contributed by atoms with E-state index >= 15 is 0 Å². The molecule has 1 aromatic heterocycles. The number of ether oxygens (including phenoxy) is 1. The van der Waals surface area contributed by atoms with Crippen LogP contribution in [0, 0.1) is 11.3 Å². The highest BCUT2D eigenvalue weighted by atomic mass is 16.5. The van der Waals surface area contributed by atoms with Gasteiger partial charge in [-0.3, -0.25) is 4.98 Å². The van der Waals surface area contributed by atoms with Crippen LogP contribution in [-0.4, -0.2) is 4.98 Å². The van der Waals surface area contributed by atoms with E-state index in [1.165, 1.54) is 0 Å². The lowest BCUT2D eigenvalue weighted by atomic mass is 10.1. The van der Waals surface area contributed by atoms with Gasteiger partial charge >= 0.3 is 0 Å². The van der Waals surface area contributed by atoms with E-state index in [2.05, 4.69) is 11.1 Å². The van der Waals surface area contributed by atoms with Gasteiger partial charge in [0.15, 0.2) is 0 Å². The molecule has 0 radical (unpaired) electrons. The minimum Gasteiger partial charge on any atom is -0.456 e. The Bertz CT molecular complexity index is 587. The van der Waals surface area contributed by atoms with Crippen molar-refractivity contribution in [3.63, 3.8) is 0 Å². The van der Waals surface area contributed by atoms with Crippen LogP contribution in [0.5, 0.6) is 11.5 Å². The van der Waals surface area contributed by atoms with Gasteiger partial charge in [0.1, 0.15) is 11.5 Å². The smallest absolute Gasteiger partial charge is 0.145 e. The number of nitrogens with zero attached hydrogens (tertiary/aromatic N) is 2. The minimum atomic E-state index is -0.0454. The fraction of sp³-hybridized carbons (Fsp3) is 0.200. The Morgan fingerprint density at radius 2 is 2.16 bits per heavy atom. The first-order valence-corrected chi connectivity index (χ1v) is 6.12. The molecule has 0 aliphatic heterocycles. The van der Waals surface area contributed by atoms with Gasteiger partial charge in [-0.25, -0.2) is 0 Å². The molecule has 2 aromatic rings. The molecule has 0 bridgehead atoms. The zero-order valence-corrected chi connectivity index (χ0v) is 10.7. The molecule has 1 atom stereocenters. The second-order valence-electron chi connectivity index (χ2n) is 4.18. The van der Waals surface area contributed by atoms with E-state index in [4.69, 9.17) is 15.7 Å². The Balaban J connectivity index is 2.13. The summed E-state index contributed by atoms with van der Waals surface area (Å²) in [6.07, 6.45) is 2.49. The monoisotopic (exact) mass is 253 g/mol. The van der Waals surface area contributed by atoms with Gasteiger partial charge in [0.05, 0.1) is 23.5 Å². The van der Waals surface area contributed by atoms with Crippen LogP contribution < -0.4 is 10.5 Å². The molecule has 0 amide bonds. The van der Waals surface area contributed by atoms with Crippen molar-refractivity contribution in [2.45, 2.75) is 19.4 Å². The Hall–Kier alpha value is -2.38. The summed E-state index contributed by atoms with van der Waals surface area (Å²) in [4.78, 5) is 4.27. The Kier molecular flexibility index (Phi) is 4.11. The molecular weight excluding hydrogens is 238 g/mol. The summed E-state index contributed by atoms with van der Waals surface area (Å²) in [6, 6.07) is 12.7. The van der Waals surface area contributed by atoms with E-state index in [0.29, 0.717) is 17.1 Å². The maximum Gasteiger partial charge on any atom is 0.145 e. The first-order chi connectivity index (χ1) is 9.22. The van der Waals surface area contributed by atoms with Gasteiger partial charge < -0.3 is 10.5 Å².